The van der Waals surface area contributed by atoms with Crippen LogP contribution in [-0.4, -0.2) is 5.78 Å². The summed E-state index contributed by atoms with van der Waals surface area (Å²) < 4.78 is 50.9. The highest BCUT2D eigenvalue weighted by molar-refractivity contribution is 6.12. The van der Waals surface area contributed by atoms with Gasteiger partial charge in [-0.15, -0.1) is 0 Å². The lowest BCUT2D eigenvalue weighted by Crippen LogP contribution is -2.10. The Hall–Kier alpha value is -2.37. The van der Waals surface area contributed by atoms with Crippen LogP contribution in [0.15, 0.2) is 36.4 Å². The molecule has 0 aliphatic rings. The number of carbonyl (C=O) groups is 1. The van der Waals surface area contributed by atoms with E-state index in [0.717, 1.165) is 30.3 Å². The molecule has 0 heterocycles. The smallest absolute Gasteiger partial charge is 0.398 e. The number of ketones is 1. The molecule has 0 spiro atoms. The summed E-state index contributed by atoms with van der Waals surface area (Å²) in [6.07, 6.45) is -4.48. The predicted octanol–water partition coefficient (Wildman–Crippen LogP) is 3.97. The van der Waals surface area contributed by atoms with Gasteiger partial charge in [0.2, 0.25) is 0 Å². The summed E-state index contributed by atoms with van der Waals surface area (Å²) in [5.41, 5.74) is 4.97. The second-order valence-electron chi connectivity index (χ2n) is 4.59. The van der Waals surface area contributed by atoms with Crippen LogP contribution >= 0.6 is 0 Å². The highest BCUT2D eigenvalue weighted by Gasteiger charge is 2.31. The van der Waals surface area contributed by atoms with E-state index in [9.17, 15) is 22.4 Å². The van der Waals surface area contributed by atoms with E-state index in [4.69, 9.17) is 5.73 Å². The van der Waals surface area contributed by atoms with Gasteiger partial charge in [0.25, 0.3) is 0 Å². The van der Waals surface area contributed by atoms with Gasteiger partial charge in [-0.3, -0.25) is 4.79 Å². The van der Waals surface area contributed by atoms with Gasteiger partial charge in [0, 0.05) is 16.8 Å². The topological polar surface area (TPSA) is 43.1 Å². The van der Waals surface area contributed by atoms with Crippen molar-refractivity contribution in [2.24, 2.45) is 0 Å². The van der Waals surface area contributed by atoms with Crippen LogP contribution in [0.3, 0.4) is 0 Å². The van der Waals surface area contributed by atoms with E-state index in [0.29, 0.717) is 0 Å². The first kappa shape index (κ1) is 15.0. The summed E-state index contributed by atoms with van der Waals surface area (Å²) >= 11 is 0. The third-order valence-electron chi connectivity index (χ3n) is 3.06. The Labute approximate surface area is 118 Å². The molecule has 0 amide bonds. The van der Waals surface area contributed by atoms with E-state index in [-0.39, 0.29) is 22.4 Å². The Balaban J connectivity index is 2.47. The first-order valence-electron chi connectivity index (χ1n) is 5.97. The van der Waals surface area contributed by atoms with Crippen molar-refractivity contribution in [1.29, 1.82) is 0 Å². The molecule has 2 N–H and O–H groups in total. The molecule has 2 aromatic carbocycles. The van der Waals surface area contributed by atoms with E-state index in [2.05, 4.69) is 0 Å². The monoisotopic (exact) mass is 297 g/mol. The molecular formula is C15H11F4NO. The molecule has 0 saturated carbocycles. The Morgan fingerprint density at radius 2 is 1.71 bits per heavy atom. The van der Waals surface area contributed by atoms with Crippen LogP contribution in [0.1, 0.15) is 27.0 Å². The number of hydrogen-bond donors (Lipinski definition) is 1. The maximum absolute atomic E-state index is 13.2. The first-order chi connectivity index (χ1) is 9.70. The fraction of sp³-hybridized carbons (Fsp3) is 0.133. The van der Waals surface area contributed by atoms with E-state index in [1.807, 2.05) is 0 Å². The minimum Gasteiger partial charge on any atom is -0.398 e. The first-order valence-corrected chi connectivity index (χ1v) is 5.97. The average Bonchev–Trinajstić information content (AvgIpc) is 2.39. The highest BCUT2D eigenvalue weighted by atomic mass is 19.4. The molecule has 110 valence electrons. The number of hydrogen-bond acceptors (Lipinski definition) is 2. The van der Waals surface area contributed by atoms with Gasteiger partial charge < -0.3 is 5.73 Å². The lowest BCUT2D eigenvalue weighted by molar-refractivity contribution is -0.137. The van der Waals surface area contributed by atoms with Gasteiger partial charge in [-0.2, -0.15) is 13.2 Å². The van der Waals surface area contributed by atoms with Crippen LogP contribution in [-0.2, 0) is 6.18 Å². The second kappa shape index (κ2) is 5.20. The number of nitrogen functional groups attached to an aromatic ring is 1. The molecule has 21 heavy (non-hydrogen) atoms. The number of benzene rings is 2. The normalized spacial score (nSPS) is 11.5. The maximum Gasteiger partial charge on any atom is 0.416 e. The van der Waals surface area contributed by atoms with Gasteiger partial charge in [0.05, 0.1) is 5.56 Å². The van der Waals surface area contributed by atoms with Gasteiger partial charge in [-0.05, 0) is 42.8 Å². The van der Waals surface area contributed by atoms with Crippen LogP contribution in [0, 0.1) is 12.7 Å². The molecule has 2 nitrogen and oxygen atoms in total. The van der Waals surface area contributed by atoms with Crippen LogP contribution in [0.4, 0.5) is 23.2 Å². The number of halogens is 4. The molecule has 0 aliphatic heterocycles. The summed E-state index contributed by atoms with van der Waals surface area (Å²) in [6, 6.07) is 6.08. The molecule has 0 radical (unpaired) electrons. The highest BCUT2D eigenvalue weighted by Crippen LogP contribution is 2.31. The zero-order valence-corrected chi connectivity index (χ0v) is 11.0. The molecule has 6 heteroatoms. The van der Waals surface area contributed by atoms with Crippen molar-refractivity contribution in [3.05, 3.63) is 64.5 Å². The van der Waals surface area contributed by atoms with E-state index >= 15 is 0 Å². The van der Waals surface area contributed by atoms with Gasteiger partial charge >= 0.3 is 6.18 Å². The van der Waals surface area contributed by atoms with Crippen molar-refractivity contribution in [3.63, 3.8) is 0 Å². The number of rotatable bonds is 2. The zero-order valence-electron chi connectivity index (χ0n) is 11.0. The summed E-state index contributed by atoms with van der Waals surface area (Å²) in [7, 11) is 0. The van der Waals surface area contributed by atoms with Crippen molar-refractivity contribution in [2.45, 2.75) is 13.1 Å². The van der Waals surface area contributed by atoms with E-state index in [1.54, 1.807) is 0 Å². The molecule has 2 aromatic rings. The number of aryl methyl sites for hydroxylation is 1. The molecular weight excluding hydrogens is 286 g/mol. The van der Waals surface area contributed by atoms with Gasteiger partial charge in [-0.25, -0.2) is 4.39 Å². The standard InChI is InChI=1S/C15H11F4NO/c1-8-6-9(15(17,18)19)2-4-11(8)14(21)12-7-10(16)3-5-13(12)20/h2-7H,20H2,1H3. The molecule has 0 fully saturated rings. The number of nitrogens with two attached hydrogens (primary N) is 1. The van der Waals surface area contributed by atoms with Gasteiger partial charge in [0.1, 0.15) is 5.82 Å². The van der Waals surface area contributed by atoms with Gasteiger partial charge in [-0.1, -0.05) is 6.07 Å². The molecule has 0 aliphatic carbocycles. The van der Waals surface area contributed by atoms with E-state index < -0.39 is 23.3 Å². The minimum atomic E-state index is -4.48. The van der Waals surface area contributed by atoms with Crippen LogP contribution in [0.5, 0.6) is 0 Å². The fourth-order valence-corrected chi connectivity index (χ4v) is 1.96. The predicted molar refractivity (Wildman–Crippen MR) is 70.4 cm³/mol. The largest absolute Gasteiger partial charge is 0.416 e. The van der Waals surface area contributed by atoms with Gasteiger partial charge in [0.15, 0.2) is 5.78 Å². The quantitative estimate of drug-likeness (QED) is 0.518. The fourth-order valence-electron chi connectivity index (χ4n) is 1.96. The van der Waals surface area contributed by atoms with Crippen molar-refractivity contribution in [1.82, 2.24) is 0 Å². The van der Waals surface area contributed by atoms with Crippen molar-refractivity contribution in [3.8, 4) is 0 Å². The number of alkyl halides is 3. The van der Waals surface area contributed by atoms with Crippen molar-refractivity contribution in [2.75, 3.05) is 5.73 Å². The molecule has 0 unspecified atom stereocenters. The lowest BCUT2D eigenvalue weighted by Gasteiger charge is -2.11. The molecule has 0 bridgehead atoms. The SMILES string of the molecule is Cc1cc(C(F)(F)F)ccc1C(=O)c1cc(F)ccc1N. The summed E-state index contributed by atoms with van der Waals surface area (Å²) in [4.78, 5) is 12.3. The molecule has 0 atom stereocenters. The van der Waals surface area contributed by atoms with Crippen molar-refractivity contribution < 1.29 is 22.4 Å². The Bertz CT molecular complexity index is 707. The molecule has 2 rings (SSSR count). The third kappa shape index (κ3) is 3.04. The van der Waals surface area contributed by atoms with Crippen LogP contribution in [0.2, 0.25) is 0 Å². The lowest BCUT2D eigenvalue weighted by atomic mass is 9.96. The number of anilines is 1. The Kier molecular flexibility index (Phi) is 3.72. The minimum absolute atomic E-state index is 0.0558. The average molecular weight is 297 g/mol. The van der Waals surface area contributed by atoms with Crippen molar-refractivity contribution >= 4 is 11.5 Å². The third-order valence-corrected chi connectivity index (χ3v) is 3.06. The van der Waals surface area contributed by atoms with Crippen LogP contribution < -0.4 is 5.73 Å². The Morgan fingerprint density at radius 3 is 2.29 bits per heavy atom. The zero-order chi connectivity index (χ0) is 15.8. The summed E-state index contributed by atoms with van der Waals surface area (Å²) in [5, 5.41) is 0. The maximum atomic E-state index is 13.2. The summed E-state index contributed by atoms with van der Waals surface area (Å²) in [6.45, 7) is 1.39. The summed E-state index contributed by atoms with van der Waals surface area (Å²) in [5.74, 6) is -1.25. The molecule has 0 saturated heterocycles. The van der Waals surface area contributed by atoms with E-state index in [1.165, 1.54) is 13.0 Å². The molecule has 0 aromatic heterocycles. The van der Waals surface area contributed by atoms with Crippen LogP contribution in [0.25, 0.3) is 0 Å². The Morgan fingerprint density at radius 1 is 1.05 bits per heavy atom. The number of carbonyl (C=O) groups excluding carboxylic acids is 1. The second-order valence-corrected chi connectivity index (χ2v) is 4.59.